The summed E-state index contributed by atoms with van der Waals surface area (Å²) in [4.78, 5) is 3.90. The topological polar surface area (TPSA) is 66.6 Å². The summed E-state index contributed by atoms with van der Waals surface area (Å²) >= 11 is 10.8. The van der Waals surface area contributed by atoms with Gasteiger partial charge in [0.25, 0.3) is 0 Å². The molecule has 1 atom stereocenters. The zero-order valence-electron chi connectivity index (χ0n) is 6.87. The summed E-state index contributed by atoms with van der Waals surface area (Å²) in [5.74, 6) is 0.531. The SMILES string of the molecule is [3H]OP(N)(=O)N(CCCl)CCCl. The van der Waals surface area contributed by atoms with Gasteiger partial charge in [0.15, 0.2) is 0 Å². The predicted molar refractivity (Wildman–Crippen MR) is 47.0 cm³/mol. The van der Waals surface area contributed by atoms with Gasteiger partial charge in [-0.15, -0.1) is 23.2 Å². The minimum Gasteiger partial charge on any atom is -0.322 e. The van der Waals surface area contributed by atoms with E-state index in [0.29, 0.717) is 13.1 Å². The van der Waals surface area contributed by atoms with Crippen LogP contribution in [0.4, 0.5) is 0 Å². The van der Waals surface area contributed by atoms with E-state index in [2.05, 4.69) is 4.90 Å². The Morgan fingerprint density at radius 3 is 2.27 bits per heavy atom. The van der Waals surface area contributed by atoms with Crippen LogP contribution in [0.2, 0.25) is 0 Å². The molecule has 0 aliphatic rings. The number of rotatable bonds is 6. The van der Waals surface area contributed by atoms with Gasteiger partial charge in [-0.3, -0.25) is 4.57 Å². The van der Waals surface area contributed by atoms with Crippen LogP contribution in [0.1, 0.15) is 0 Å². The summed E-state index contributed by atoms with van der Waals surface area (Å²) in [7, 11) is -3.49. The van der Waals surface area contributed by atoms with E-state index in [1.807, 2.05) is 0 Å². The van der Waals surface area contributed by atoms with E-state index in [1.165, 1.54) is 4.67 Å². The zero-order chi connectivity index (χ0) is 9.61. The molecule has 4 nitrogen and oxygen atoms in total. The number of nitrogens with two attached hydrogens (primary N) is 1. The van der Waals surface area contributed by atoms with Gasteiger partial charge in [-0.1, -0.05) is 0 Å². The summed E-state index contributed by atoms with van der Waals surface area (Å²) in [6, 6.07) is 0. The van der Waals surface area contributed by atoms with Crippen LogP contribution in [0, 0.1) is 0 Å². The Bertz CT molecular complexity index is 167. The van der Waals surface area contributed by atoms with Crippen molar-refractivity contribution in [3.63, 3.8) is 0 Å². The molecule has 11 heavy (non-hydrogen) atoms. The Labute approximate surface area is 77.3 Å². The van der Waals surface area contributed by atoms with Gasteiger partial charge in [0.2, 0.25) is 1.43 Å². The molecular weight excluding hydrogens is 210 g/mol. The van der Waals surface area contributed by atoms with Gasteiger partial charge < -0.3 is 4.90 Å². The van der Waals surface area contributed by atoms with Gasteiger partial charge in [0.05, 0.1) is 0 Å². The van der Waals surface area contributed by atoms with Crippen molar-refractivity contribution in [3.05, 3.63) is 0 Å². The van der Waals surface area contributed by atoms with Crippen molar-refractivity contribution in [2.24, 2.45) is 5.50 Å². The molecule has 1 unspecified atom stereocenters. The molecule has 0 aliphatic carbocycles. The molecule has 0 aliphatic heterocycles. The van der Waals surface area contributed by atoms with Gasteiger partial charge >= 0.3 is 7.67 Å². The van der Waals surface area contributed by atoms with Gasteiger partial charge in [0.1, 0.15) is 0 Å². The molecule has 0 aromatic heterocycles. The van der Waals surface area contributed by atoms with E-state index in [-0.39, 0.29) is 11.8 Å². The first-order valence-corrected chi connectivity index (χ1v) is 5.71. The normalized spacial score (nSPS) is 18.0. The van der Waals surface area contributed by atoms with Crippen molar-refractivity contribution in [2.45, 2.75) is 0 Å². The van der Waals surface area contributed by atoms with Crippen LogP contribution in [-0.4, -0.2) is 35.8 Å². The number of nitrogens with zero attached hydrogens (tertiary/aromatic N) is 1. The van der Waals surface area contributed by atoms with Crippen molar-refractivity contribution >= 4 is 30.9 Å². The fraction of sp³-hybridized carbons (Fsp3) is 1.00. The van der Waals surface area contributed by atoms with Crippen molar-refractivity contribution in [1.82, 2.24) is 4.67 Å². The number of hydrogen-bond donors (Lipinski definition) is 2. The smallest absolute Gasteiger partial charge is 0.322 e. The first kappa shape index (κ1) is 9.78. The van der Waals surface area contributed by atoms with Gasteiger partial charge in [-0.25, -0.2) is 10.2 Å². The highest BCUT2D eigenvalue weighted by atomic mass is 35.5. The van der Waals surface area contributed by atoms with Crippen molar-refractivity contribution in [2.75, 3.05) is 24.8 Å². The summed E-state index contributed by atoms with van der Waals surface area (Å²) in [5, 5.41) is 0. The molecule has 3 N–H and O–H groups in total. The predicted octanol–water partition coefficient (Wildman–Crippen LogP) is 0.825. The van der Waals surface area contributed by atoms with Crippen molar-refractivity contribution in [3.8, 4) is 0 Å². The maximum atomic E-state index is 11.2. The molecule has 0 rings (SSSR count). The molecule has 0 radical (unpaired) electrons. The van der Waals surface area contributed by atoms with E-state index in [4.69, 9.17) is 30.1 Å². The van der Waals surface area contributed by atoms with Crippen LogP contribution in [0.25, 0.3) is 0 Å². The molecule has 0 saturated carbocycles. The summed E-state index contributed by atoms with van der Waals surface area (Å²) in [6.07, 6.45) is 0. The molecule has 68 valence electrons. The highest BCUT2D eigenvalue weighted by molar-refractivity contribution is 7.52. The van der Waals surface area contributed by atoms with E-state index < -0.39 is 7.67 Å². The minimum absolute atomic E-state index is 0.265. The van der Waals surface area contributed by atoms with Crippen LogP contribution in [0.5, 0.6) is 0 Å². The van der Waals surface area contributed by atoms with E-state index in [0.717, 1.165) is 0 Å². The van der Waals surface area contributed by atoms with Gasteiger partial charge in [-0.2, -0.15) is 0 Å². The average Bonchev–Trinajstić information content (AvgIpc) is 2.04. The molecule has 0 bridgehead atoms. The third-order valence-corrected chi connectivity index (χ3v) is 2.61. The first-order chi connectivity index (χ1) is 5.58. The molecular formula is C4H11Cl2N2O2P. The largest absolute Gasteiger partial charge is 0.338 e. The molecule has 0 aromatic rings. The van der Waals surface area contributed by atoms with Crippen LogP contribution in [-0.2, 0) is 4.57 Å². The third kappa shape index (κ3) is 5.01. The lowest BCUT2D eigenvalue weighted by Gasteiger charge is -2.21. The number of alkyl halides is 2. The quantitative estimate of drug-likeness (QED) is 0.516. The molecule has 0 aromatic carbocycles. The summed E-state index contributed by atoms with van der Waals surface area (Å²) in [6.45, 7) is 0.585. The first-order valence-electron chi connectivity index (χ1n) is 3.40. The second-order valence-electron chi connectivity index (χ2n) is 1.90. The van der Waals surface area contributed by atoms with E-state index in [1.54, 1.807) is 0 Å². The Hall–Kier alpha value is 0.690. The summed E-state index contributed by atoms with van der Waals surface area (Å²) in [5.41, 5.74) is 5.19. The van der Waals surface area contributed by atoms with Crippen LogP contribution < -0.4 is 5.50 Å². The van der Waals surface area contributed by atoms with E-state index in [9.17, 15) is 4.57 Å². The van der Waals surface area contributed by atoms with Crippen molar-refractivity contribution in [1.29, 1.82) is 1.43 Å². The van der Waals surface area contributed by atoms with Crippen LogP contribution >= 0.6 is 30.9 Å². The molecule has 0 spiro atoms. The Morgan fingerprint density at radius 2 is 2.00 bits per heavy atom. The van der Waals surface area contributed by atoms with Crippen LogP contribution in [0.15, 0.2) is 0 Å². The number of hydrogen-bond acceptors (Lipinski definition) is 2. The standard InChI is InChI=1S/C4H11Cl2N2O2P/c5-1-3-8(4-2-6)11(7,9)10/h1-4H2,(H3,7,9,10)/i/hT. The second kappa shape index (κ2) is 5.36. The third-order valence-electron chi connectivity index (χ3n) is 1.08. The minimum atomic E-state index is -3.49. The van der Waals surface area contributed by atoms with E-state index >= 15 is 0 Å². The molecule has 0 fully saturated rings. The average molecular weight is 223 g/mol. The zero-order valence-corrected chi connectivity index (χ0v) is 8.28. The maximum Gasteiger partial charge on any atom is 0.338 e. The highest BCUT2D eigenvalue weighted by Gasteiger charge is 2.21. The maximum absolute atomic E-state index is 11.2. The van der Waals surface area contributed by atoms with Gasteiger partial charge in [-0.05, 0) is 0 Å². The Kier molecular flexibility index (Phi) is 4.76. The van der Waals surface area contributed by atoms with Crippen LogP contribution in [0.3, 0.4) is 0 Å². The van der Waals surface area contributed by atoms with Crippen molar-refractivity contribution < 1.29 is 9.46 Å². The Balaban J connectivity index is 4.17. The lowest BCUT2D eigenvalue weighted by molar-refractivity contribution is 0.368. The lowest BCUT2D eigenvalue weighted by atomic mass is 10.6. The summed E-state index contributed by atoms with van der Waals surface area (Å²) < 4.78 is 19.0. The lowest BCUT2D eigenvalue weighted by Crippen LogP contribution is -2.28. The highest BCUT2D eigenvalue weighted by Crippen LogP contribution is 2.34. The monoisotopic (exact) mass is 222 g/mol. The van der Waals surface area contributed by atoms with Gasteiger partial charge in [0, 0.05) is 24.8 Å². The fourth-order valence-corrected chi connectivity index (χ4v) is 1.99. The Morgan fingerprint density at radius 1 is 1.55 bits per heavy atom. The second-order valence-corrected chi connectivity index (χ2v) is 4.35. The fourth-order valence-electron chi connectivity index (χ4n) is 0.586. The molecule has 0 saturated heterocycles. The molecule has 0 amide bonds. The molecule has 0 heterocycles. The number of halogens is 2. The molecule has 7 heteroatoms.